The first-order chi connectivity index (χ1) is 7.15. The molecular weight excluding hydrogens is 250 g/mol. The summed E-state index contributed by atoms with van der Waals surface area (Å²) >= 11 is 3.75. The highest BCUT2D eigenvalue weighted by Crippen LogP contribution is 2.31. The molecule has 0 radical (unpaired) electrons. The quantitative estimate of drug-likeness (QED) is 0.694. The summed E-state index contributed by atoms with van der Waals surface area (Å²) in [4.78, 5) is 3.44. The van der Waals surface area contributed by atoms with Crippen molar-refractivity contribution in [2.45, 2.75) is 56.8 Å². The molecule has 1 aliphatic carbocycles. The maximum atomic E-state index is 3.75. The fraction of sp³-hybridized carbons (Fsp3) is 1.00. The fourth-order valence-corrected chi connectivity index (χ4v) is 4.25. The molecule has 4 atom stereocenters. The fourth-order valence-electron chi connectivity index (χ4n) is 3.34. The Morgan fingerprint density at radius 1 is 1.20 bits per heavy atom. The van der Waals surface area contributed by atoms with E-state index in [0.29, 0.717) is 0 Å². The number of nitrogens with zero attached hydrogens (tertiary/aromatic N) is 1. The van der Waals surface area contributed by atoms with Crippen molar-refractivity contribution in [2.24, 2.45) is 11.8 Å². The lowest BCUT2D eigenvalue weighted by Gasteiger charge is -2.32. The van der Waals surface area contributed by atoms with Gasteiger partial charge in [0.05, 0.1) is 0 Å². The molecule has 88 valence electrons. The molecule has 0 aromatic rings. The van der Waals surface area contributed by atoms with Crippen LogP contribution in [0.25, 0.3) is 0 Å². The summed E-state index contributed by atoms with van der Waals surface area (Å²) in [5.41, 5.74) is 0. The standard InChI is InChI=1S/C13H24BrN/c1-10-4-3-5-12(6-10)8-15-9-13(14)7-11(15)2/h10-13H,3-9H2,1-2H3. The summed E-state index contributed by atoms with van der Waals surface area (Å²) in [5.74, 6) is 1.95. The third-order valence-corrected chi connectivity index (χ3v) is 4.85. The molecule has 4 unspecified atom stereocenters. The van der Waals surface area contributed by atoms with E-state index in [-0.39, 0.29) is 0 Å². The van der Waals surface area contributed by atoms with Crippen LogP contribution in [0.5, 0.6) is 0 Å². The van der Waals surface area contributed by atoms with Crippen molar-refractivity contribution in [1.82, 2.24) is 4.90 Å². The lowest BCUT2D eigenvalue weighted by Crippen LogP contribution is -2.34. The van der Waals surface area contributed by atoms with Gasteiger partial charge in [-0.05, 0) is 38.0 Å². The predicted molar refractivity (Wildman–Crippen MR) is 69.5 cm³/mol. The van der Waals surface area contributed by atoms with Crippen LogP contribution in [0.1, 0.15) is 46.0 Å². The number of hydrogen-bond donors (Lipinski definition) is 0. The number of alkyl halides is 1. The van der Waals surface area contributed by atoms with Gasteiger partial charge in [-0.1, -0.05) is 35.7 Å². The lowest BCUT2D eigenvalue weighted by molar-refractivity contribution is 0.176. The van der Waals surface area contributed by atoms with Gasteiger partial charge in [-0.2, -0.15) is 0 Å². The van der Waals surface area contributed by atoms with Gasteiger partial charge in [-0.25, -0.2) is 0 Å². The molecule has 1 nitrogen and oxygen atoms in total. The summed E-state index contributed by atoms with van der Waals surface area (Å²) in [7, 11) is 0. The molecule has 0 amide bonds. The highest BCUT2D eigenvalue weighted by atomic mass is 79.9. The minimum atomic E-state index is 0.744. The number of hydrogen-bond acceptors (Lipinski definition) is 1. The van der Waals surface area contributed by atoms with Crippen molar-refractivity contribution in [3.8, 4) is 0 Å². The molecule has 1 saturated carbocycles. The van der Waals surface area contributed by atoms with Crippen LogP contribution >= 0.6 is 15.9 Å². The molecule has 1 heterocycles. The van der Waals surface area contributed by atoms with E-state index in [0.717, 1.165) is 22.7 Å². The molecule has 15 heavy (non-hydrogen) atoms. The van der Waals surface area contributed by atoms with Gasteiger partial charge in [0, 0.05) is 24.0 Å². The van der Waals surface area contributed by atoms with Crippen molar-refractivity contribution in [3.05, 3.63) is 0 Å². The van der Waals surface area contributed by atoms with Gasteiger partial charge in [-0.15, -0.1) is 0 Å². The maximum Gasteiger partial charge on any atom is 0.0288 e. The Balaban J connectivity index is 1.80. The molecular formula is C13H24BrN. The molecule has 0 spiro atoms. The zero-order chi connectivity index (χ0) is 10.8. The van der Waals surface area contributed by atoms with Crippen LogP contribution in [0.15, 0.2) is 0 Å². The summed E-state index contributed by atoms with van der Waals surface area (Å²) in [6, 6.07) is 0.798. The molecule has 0 aromatic heterocycles. The van der Waals surface area contributed by atoms with Gasteiger partial charge in [-0.3, -0.25) is 4.90 Å². The Bertz CT molecular complexity index is 207. The Morgan fingerprint density at radius 3 is 2.60 bits per heavy atom. The molecule has 2 fully saturated rings. The van der Waals surface area contributed by atoms with Crippen LogP contribution in [-0.4, -0.2) is 28.9 Å². The van der Waals surface area contributed by atoms with Crippen LogP contribution in [-0.2, 0) is 0 Å². The molecule has 0 bridgehead atoms. The van der Waals surface area contributed by atoms with Crippen molar-refractivity contribution in [3.63, 3.8) is 0 Å². The highest BCUT2D eigenvalue weighted by molar-refractivity contribution is 9.09. The highest BCUT2D eigenvalue weighted by Gasteiger charge is 2.30. The lowest BCUT2D eigenvalue weighted by atomic mass is 9.82. The number of rotatable bonds is 2. The minimum absolute atomic E-state index is 0.744. The van der Waals surface area contributed by atoms with Gasteiger partial charge in [0.15, 0.2) is 0 Å². The van der Waals surface area contributed by atoms with Gasteiger partial charge in [0.1, 0.15) is 0 Å². The minimum Gasteiger partial charge on any atom is -0.299 e. The average molecular weight is 274 g/mol. The molecule has 2 aliphatic rings. The van der Waals surface area contributed by atoms with Crippen LogP contribution in [0, 0.1) is 11.8 Å². The Morgan fingerprint density at radius 2 is 2.00 bits per heavy atom. The van der Waals surface area contributed by atoms with E-state index in [9.17, 15) is 0 Å². The third kappa shape index (κ3) is 3.20. The average Bonchev–Trinajstić information content (AvgIpc) is 2.45. The molecule has 1 aliphatic heterocycles. The summed E-state index contributed by atoms with van der Waals surface area (Å²) in [6.07, 6.45) is 7.21. The zero-order valence-electron chi connectivity index (χ0n) is 10.1. The first-order valence-corrected chi connectivity index (χ1v) is 7.45. The van der Waals surface area contributed by atoms with Gasteiger partial charge in [0.25, 0.3) is 0 Å². The Labute approximate surface area is 103 Å². The monoisotopic (exact) mass is 273 g/mol. The Hall–Kier alpha value is 0.440. The van der Waals surface area contributed by atoms with E-state index in [1.165, 1.54) is 45.2 Å². The molecule has 0 aromatic carbocycles. The van der Waals surface area contributed by atoms with Crippen LogP contribution < -0.4 is 0 Å². The van der Waals surface area contributed by atoms with E-state index in [1.807, 2.05) is 0 Å². The summed E-state index contributed by atoms with van der Waals surface area (Å²) in [5, 5.41) is 0. The van der Waals surface area contributed by atoms with Gasteiger partial charge in [0.2, 0.25) is 0 Å². The number of likely N-dealkylation sites (tertiary alicyclic amines) is 1. The smallest absolute Gasteiger partial charge is 0.0288 e. The van der Waals surface area contributed by atoms with Gasteiger partial charge < -0.3 is 0 Å². The molecule has 2 heteroatoms. The summed E-state index contributed by atoms with van der Waals surface area (Å²) in [6.45, 7) is 7.43. The molecule has 1 saturated heterocycles. The third-order valence-electron chi connectivity index (χ3n) is 4.19. The second kappa shape index (κ2) is 5.18. The normalized spacial score (nSPS) is 43.4. The van der Waals surface area contributed by atoms with Crippen molar-refractivity contribution < 1.29 is 0 Å². The van der Waals surface area contributed by atoms with E-state index in [4.69, 9.17) is 0 Å². The second-order valence-corrected chi connectivity index (χ2v) is 7.07. The second-order valence-electron chi connectivity index (χ2n) is 5.77. The first-order valence-electron chi connectivity index (χ1n) is 6.53. The summed E-state index contributed by atoms with van der Waals surface area (Å²) < 4.78 is 0. The Kier molecular flexibility index (Phi) is 4.11. The van der Waals surface area contributed by atoms with Crippen molar-refractivity contribution in [2.75, 3.05) is 13.1 Å². The SMILES string of the molecule is CC1CCCC(CN2CC(Br)CC2C)C1. The topological polar surface area (TPSA) is 3.24 Å². The molecule has 0 N–H and O–H groups in total. The van der Waals surface area contributed by atoms with Crippen LogP contribution in [0.3, 0.4) is 0 Å². The van der Waals surface area contributed by atoms with E-state index in [1.54, 1.807) is 0 Å². The van der Waals surface area contributed by atoms with Crippen LogP contribution in [0.4, 0.5) is 0 Å². The predicted octanol–water partition coefficient (Wildman–Crippen LogP) is 3.67. The van der Waals surface area contributed by atoms with Crippen LogP contribution in [0.2, 0.25) is 0 Å². The zero-order valence-corrected chi connectivity index (χ0v) is 11.7. The van der Waals surface area contributed by atoms with Crippen molar-refractivity contribution in [1.29, 1.82) is 0 Å². The van der Waals surface area contributed by atoms with E-state index >= 15 is 0 Å². The van der Waals surface area contributed by atoms with Crippen molar-refractivity contribution >= 4 is 15.9 Å². The van der Waals surface area contributed by atoms with E-state index < -0.39 is 0 Å². The largest absolute Gasteiger partial charge is 0.299 e. The first kappa shape index (κ1) is 11.9. The van der Waals surface area contributed by atoms with E-state index in [2.05, 4.69) is 34.7 Å². The maximum absolute atomic E-state index is 3.75. The number of halogens is 1. The van der Waals surface area contributed by atoms with Gasteiger partial charge >= 0.3 is 0 Å². The molecule has 2 rings (SSSR count).